The molecule has 0 spiro atoms. The largest absolute Gasteiger partial charge is 0.454 e. The monoisotopic (exact) mass is 465 g/mol. The van der Waals surface area contributed by atoms with Crippen LogP contribution in [0.25, 0.3) is 11.5 Å². The summed E-state index contributed by atoms with van der Waals surface area (Å²) in [5.74, 6) is 2.84. The van der Waals surface area contributed by atoms with Crippen molar-refractivity contribution < 1.29 is 23.2 Å². The zero-order valence-electron chi connectivity index (χ0n) is 17.6. The van der Waals surface area contributed by atoms with Crippen LogP contribution in [0.4, 0.5) is 5.69 Å². The molecule has 1 amide bonds. The summed E-state index contributed by atoms with van der Waals surface area (Å²) in [7, 11) is 0. The lowest BCUT2D eigenvalue weighted by atomic mass is 10.1. The summed E-state index contributed by atoms with van der Waals surface area (Å²) in [5.41, 5.74) is 2.66. The van der Waals surface area contributed by atoms with Crippen LogP contribution >= 0.6 is 11.8 Å². The zero-order chi connectivity index (χ0) is 22.6. The van der Waals surface area contributed by atoms with Gasteiger partial charge >= 0.3 is 0 Å². The van der Waals surface area contributed by atoms with Gasteiger partial charge in [0.25, 0.3) is 5.22 Å². The number of rotatable bonds is 8. The van der Waals surface area contributed by atoms with Crippen LogP contribution in [0.3, 0.4) is 0 Å². The van der Waals surface area contributed by atoms with E-state index >= 15 is 0 Å². The van der Waals surface area contributed by atoms with Crippen molar-refractivity contribution in [3.05, 3.63) is 59.7 Å². The van der Waals surface area contributed by atoms with Crippen molar-refractivity contribution in [1.29, 1.82) is 0 Å². The molecule has 10 nitrogen and oxygen atoms in total. The molecule has 0 atom stereocenters. The topological polar surface area (TPSA) is 125 Å². The molecule has 33 heavy (non-hydrogen) atoms. The van der Waals surface area contributed by atoms with Crippen molar-refractivity contribution >= 4 is 23.4 Å². The van der Waals surface area contributed by atoms with Gasteiger partial charge in [-0.25, -0.2) is 0 Å². The van der Waals surface area contributed by atoms with Crippen LogP contribution < -0.4 is 14.8 Å². The number of nitrogens with one attached hydrogen (secondary N) is 1. The summed E-state index contributed by atoms with van der Waals surface area (Å²) in [4.78, 5) is 16.6. The zero-order valence-corrected chi connectivity index (χ0v) is 18.4. The number of carbonyl (C=O) groups excluding carboxylic acids is 1. The third-order valence-electron chi connectivity index (χ3n) is 4.76. The number of ether oxygens (including phenoxy) is 2. The number of nitrogens with zero attached hydrogens (tertiary/aromatic N) is 4. The van der Waals surface area contributed by atoms with Gasteiger partial charge in [0, 0.05) is 30.2 Å². The molecule has 5 rings (SSSR count). The maximum absolute atomic E-state index is 12.2. The fourth-order valence-corrected chi connectivity index (χ4v) is 3.68. The molecule has 3 heterocycles. The molecule has 2 aromatic heterocycles. The summed E-state index contributed by atoms with van der Waals surface area (Å²) >= 11 is 1.31. The van der Waals surface area contributed by atoms with E-state index in [9.17, 15) is 4.79 Å². The molecule has 0 fully saturated rings. The summed E-state index contributed by atoms with van der Waals surface area (Å²) in [6.45, 7) is 2.20. The molecule has 168 valence electrons. The molecule has 0 radical (unpaired) electrons. The molecule has 0 aliphatic carbocycles. The molecule has 0 saturated heterocycles. The van der Waals surface area contributed by atoms with E-state index in [1.807, 2.05) is 31.2 Å². The summed E-state index contributed by atoms with van der Waals surface area (Å²) in [5, 5.41) is 15.3. The van der Waals surface area contributed by atoms with Crippen LogP contribution in [-0.2, 0) is 17.0 Å². The molecule has 1 N–H and O–H groups in total. The van der Waals surface area contributed by atoms with Gasteiger partial charge in [-0.3, -0.25) is 4.79 Å². The predicted molar refractivity (Wildman–Crippen MR) is 118 cm³/mol. The fourth-order valence-electron chi connectivity index (χ4n) is 3.08. The quantitative estimate of drug-likeness (QED) is 0.381. The Morgan fingerprint density at radius 2 is 1.94 bits per heavy atom. The number of hydrogen-bond donors (Lipinski definition) is 1. The van der Waals surface area contributed by atoms with Crippen molar-refractivity contribution in [2.75, 3.05) is 12.1 Å². The summed E-state index contributed by atoms with van der Waals surface area (Å²) in [6, 6.07) is 13.1. The SMILES string of the molecule is Cc1ccc(-c2nnc(SCc3noc(CCC(=O)Nc4ccc5c(c4)OCO5)n3)o2)cc1. The van der Waals surface area contributed by atoms with Crippen LogP contribution in [0, 0.1) is 6.92 Å². The molecule has 0 bridgehead atoms. The van der Waals surface area contributed by atoms with E-state index in [0.29, 0.717) is 52.2 Å². The fraction of sp³-hybridized carbons (Fsp3) is 0.227. The van der Waals surface area contributed by atoms with Crippen LogP contribution in [-0.4, -0.2) is 33.0 Å². The normalized spacial score (nSPS) is 12.2. The van der Waals surface area contributed by atoms with Gasteiger partial charge in [0.05, 0.1) is 5.75 Å². The van der Waals surface area contributed by atoms with E-state index in [4.69, 9.17) is 18.4 Å². The van der Waals surface area contributed by atoms with Gasteiger partial charge in [0.2, 0.25) is 24.5 Å². The summed E-state index contributed by atoms with van der Waals surface area (Å²) in [6.07, 6.45) is 0.527. The Kier molecular flexibility index (Phi) is 5.94. The maximum Gasteiger partial charge on any atom is 0.277 e. The lowest BCUT2D eigenvalue weighted by Crippen LogP contribution is -2.12. The molecule has 0 unspecified atom stereocenters. The Bertz CT molecular complexity index is 1270. The van der Waals surface area contributed by atoms with E-state index in [1.54, 1.807) is 18.2 Å². The standard InChI is InChI=1S/C22H19N5O5S/c1-13-2-4-14(5-3-13)21-25-26-22(31-21)33-11-18-24-20(32-27-18)9-8-19(28)23-15-6-7-16-17(10-15)30-12-29-16/h2-7,10H,8-9,11-12H2,1H3,(H,23,28). The van der Waals surface area contributed by atoms with E-state index in [0.717, 1.165) is 11.1 Å². The number of amides is 1. The van der Waals surface area contributed by atoms with Crippen LogP contribution in [0.15, 0.2) is 56.6 Å². The molecule has 0 saturated carbocycles. The number of benzene rings is 2. The molecule has 11 heteroatoms. The number of aryl methyl sites for hydroxylation is 2. The molecule has 4 aromatic rings. The Hall–Kier alpha value is -3.86. The Labute approximate surface area is 192 Å². The van der Waals surface area contributed by atoms with E-state index in [1.165, 1.54) is 11.8 Å². The maximum atomic E-state index is 12.2. The van der Waals surface area contributed by atoms with Crippen molar-refractivity contribution in [1.82, 2.24) is 20.3 Å². The number of thioether (sulfide) groups is 1. The Morgan fingerprint density at radius 1 is 1.09 bits per heavy atom. The highest BCUT2D eigenvalue weighted by Gasteiger charge is 2.16. The van der Waals surface area contributed by atoms with Crippen molar-refractivity contribution in [2.24, 2.45) is 0 Å². The molecule has 1 aliphatic heterocycles. The minimum absolute atomic E-state index is 0.169. The van der Waals surface area contributed by atoms with Gasteiger partial charge in [-0.1, -0.05) is 34.6 Å². The molecular formula is C22H19N5O5S. The minimum Gasteiger partial charge on any atom is -0.454 e. The van der Waals surface area contributed by atoms with Crippen molar-refractivity contribution in [3.63, 3.8) is 0 Å². The average Bonchev–Trinajstić information content (AvgIpc) is 3.57. The second kappa shape index (κ2) is 9.33. The summed E-state index contributed by atoms with van der Waals surface area (Å²) < 4.78 is 21.5. The first-order valence-corrected chi connectivity index (χ1v) is 11.2. The molecular weight excluding hydrogens is 446 g/mol. The highest BCUT2D eigenvalue weighted by atomic mass is 32.2. The van der Waals surface area contributed by atoms with Gasteiger partial charge in [0.15, 0.2) is 17.3 Å². The van der Waals surface area contributed by atoms with Crippen molar-refractivity contribution in [2.45, 2.75) is 30.7 Å². The van der Waals surface area contributed by atoms with Gasteiger partial charge in [-0.2, -0.15) is 4.98 Å². The highest BCUT2D eigenvalue weighted by molar-refractivity contribution is 7.98. The lowest BCUT2D eigenvalue weighted by Gasteiger charge is -2.05. The smallest absolute Gasteiger partial charge is 0.277 e. The van der Waals surface area contributed by atoms with Crippen molar-refractivity contribution in [3.8, 4) is 23.0 Å². The first-order chi connectivity index (χ1) is 16.1. The van der Waals surface area contributed by atoms with E-state index < -0.39 is 0 Å². The number of aromatic nitrogens is 4. The van der Waals surface area contributed by atoms with Gasteiger partial charge in [-0.15, -0.1) is 10.2 Å². The third-order valence-corrected chi connectivity index (χ3v) is 5.58. The van der Waals surface area contributed by atoms with Gasteiger partial charge < -0.3 is 23.7 Å². The second-order valence-electron chi connectivity index (χ2n) is 7.25. The number of hydrogen-bond acceptors (Lipinski definition) is 10. The Morgan fingerprint density at radius 3 is 2.82 bits per heavy atom. The number of anilines is 1. The van der Waals surface area contributed by atoms with Crippen LogP contribution in [0.5, 0.6) is 11.5 Å². The van der Waals surface area contributed by atoms with Crippen LogP contribution in [0.1, 0.15) is 23.7 Å². The number of carbonyl (C=O) groups is 1. The van der Waals surface area contributed by atoms with Gasteiger partial charge in [-0.05, 0) is 31.2 Å². The predicted octanol–water partition coefficient (Wildman–Crippen LogP) is 4.02. The Balaban J connectivity index is 1.10. The van der Waals surface area contributed by atoms with Crippen LogP contribution in [0.2, 0.25) is 0 Å². The second-order valence-corrected chi connectivity index (χ2v) is 8.17. The minimum atomic E-state index is -0.169. The third kappa shape index (κ3) is 5.14. The molecule has 1 aliphatic rings. The lowest BCUT2D eigenvalue weighted by molar-refractivity contribution is -0.116. The van der Waals surface area contributed by atoms with Gasteiger partial charge in [0.1, 0.15) is 0 Å². The first kappa shape index (κ1) is 21.0. The first-order valence-electron chi connectivity index (χ1n) is 10.2. The number of fused-ring (bicyclic) bond motifs is 1. The van der Waals surface area contributed by atoms with E-state index in [-0.39, 0.29) is 19.1 Å². The van der Waals surface area contributed by atoms with E-state index in [2.05, 4.69) is 25.7 Å². The molecule has 2 aromatic carbocycles. The average molecular weight is 465 g/mol. The highest BCUT2D eigenvalue weighted by Crippen LogP contribution is 2.34.